The molecule has 2 aromatic rings. The van der Waals surface area contributed by atoms with E-state index in [4.69, 9.17) is 5.11 Å². The molecular weight excluding hydrogens is 280 g/mol. The van der Waals surface area contributed by atoms with Gasteiger partial charge in [-0.3, -0.25) is 0 Å². The van der Waals surface area contributed by atoms with Crippen LogP contribution in [0.25, 0.3) is 10.8 Å². The number of allylic oxidation sites excluding steroid dienone is 2. The van der Waals surface area contributed by atoms with Gasteiger partial charge in [0.05, 0.1) is 11.1 Å². The molecule has 0 saturated heterocycles. The molecule has 0 spiro atoms. The third-order valence-corrected chi connectivity index (χ3v) is 3.50. The standard InChI is InChI=1S/C18H16O4/c1-3-5-11-9-13-10-12(17(19)20)7-8-14(13)15(6-4-2)16(11)18(21)22/h3-4,7-10H,1-2,5-6H2,(H,19,20)(H,21,22). The van der Waals surface area contributed by atoms with Crippen LogP contribution in [0.4, 0.5) is 0 Å². The summed E-state index contributed by atoms with van der Waals surface area (Å²) in [5, 5.41) is 20.1. The fourth-order valence-electron chi connectivity index (χ4n) is 2.62. The van der Waals surface area contributed by atoms with Crippen molar-refractivity contribution in [3.8, 4) is 0 Å². The lowest BCUT2D eigenvalue weighted by molar-refractivity contribution is 0.0684. The Kier molecular flexibility index (Phi) is 4.41. The Hall–Kier alpha value is -2.88. The van der Waals surface area contributed by atoms with Crippen molar-refractivity contribution in [2.75, 3.05) is 0 Å². The van der Waals surface area contributed by atoms with Gasteiger partial charge in [0.2, 0.25) is 0 Å². The predicted octanol–water partition coefficient (Wildman–Crippen LogP) is 3.69. The zero-order chi connectivity index (χ0) is 16.3. The van der Waals surface area contributed by atoms with E-state index in [2.05, 4.69) is 13.2 Å². The van der Waals surface area contributed by atoms with Crippen LogP contribution < -0.4 is 0 Å². The lowest BCUT2D eigenvalue weighted by atomic mass is 9.90. The van der Waals surface area contributed by atoms with Crippen molar-refractivity contribution in [1.29, 1.82) is 0 Å². The molecule has 0 radical (unpaired) electrons. The maximum atomic E-state index is 11.6. The summed E-state index contributed by atoms with van der Waals surface area (Å²) in [5.41, 5.74) is 1.68. The first-order valence-corrected chi connectivity index (χ1v) is 6.76. The van der Waals surface area contributed by atoms with Crippen molar-refractivity contribution >= 4 is 22.7 Å². The summed E-state index contributed by atoms with van der Waals surface area (Å²) in [5.74, 6) is -2.02. The summed E-state index contributed by atoms with van der Waals surface area (Å²) in [6, 6.07) is 6.42. The van der Waals surface area contributed by atoms with E-state index in [1.165, 1.54) is 6.07 Å². The zero-order valence-corrected chi connectivity index (χ0v) is 12.0. The molecule has 2 N–H and O–H groups in total. The molecule has 0 aliphatic carbocycles. The molecule has 4 nitrogen and oxygen atoms in total. The maximum absolute atomic E-state index is 11.6. The number of hydrogen-bond donors (Lipinski definition) is 2. The molecule has 0 atom stereocenters. The van der Waals surface area contributed by atoms with Gasteiger partial charge in [-0.2, -0.15) is 0 Å². The Morgan fingerprint density at radius 3 is 2.23 bits per heavy atom. The molecule has 0 unspecified atom stereocenters. The van der Waals surface area contributed by atoms with Crippen molar-refractivity contribution in [3.63, 3.8) is 0 Å². The van der Waals surface area contributed by atoms with Gasteiger partial charge < -0.3 is 10.2 Å². The first kappa shape index (κ1) is 15.5. The molecule has 112 valence electrons. The van der Waals surface area contributed by atoms with Gasteiger partial charge in [-0.05, 0) is 52.9 Å². The smallest absolute Gasteiger partial charge is 0.336 e. The highest BCUT2D eigenvalue weighted by molar-refractivity contribution is 6.02. The molecular formula is C18H16O4. The van der Waals surface area contributed by atoms with Crippen LogP contribution in [-0.2, 0) is 12.8 Å². The fourth-order valence-corrected chi connectivity index (χ4v) is 2.62. The van der Waals surface area contributed by atoms with E-state index in [1.54, 1.807) is 30.4 Å². The Morgan fingerprint density at radius 1 is 1.00 bits per heavy atom. The van der Waals surface area contributed by atoms with Crippen LogP contribution >= 0.6 is 0 Å². The minimum atomic E-state index is -1.01. The number of rotatable bonds is 6. The van der Waals surface area contributed by atoms with E-state index in [0.29, 0.717) is 29.4 Å². The largest absolute Gasteiger partial charge is 0.478 e. The van der Waals surface area contributed by atoms with Gasteiger partial charge in [-0.25, -0.2) is 9.59 Å². The summed E-state index contributed by atoms with van der Waals surface area (Å²) in [6.07, 6.45) is 4.07. The number of benzene rings is 2. The molecule has 0 bridgehead atoms. The number of carboxylic acids is 2. The van der Waals surface area contributed by atoms with E-state index in [1.807, 2.05) is 0 Å². The highest BCUT2D eigenvalue weighted by atomic mass is 16.4. The van der Waals surface area contributed by atoms with E-state index < -0.39 is 11.9 Å². The molecule has 2 rings (SSSR count). The second kappa shape index (κ2) is 6.26. The third kappa shape index (κ3) is 2.76. The van der Waals surface area contributed by atoms with Gasteiger partial charge in [0, 0.05) is 0 Å². The number of fused-ring (bicyclic) bond motifs is 1. The molecule has 0 aromatic heterocycles. The Bertz CT molecular complexity index is 787. The van der Waals surface area contributed by atoms with Crippen LogP contribution in [0.1, 0.15) is 31.8 Å². The molecule has 0 amide bonds. The van der Waals surface area contributed by atoms with Crippen LogP contribution in [0, 0.1) is 0 Å². The quantitative estimate of drug-likeness (QED) is 0.797. The molecule has 0 saturated carbocycles. The molecule has 2 aromatic carbocycles. The Labute approximate surface area is 128 Å². The SMILES string of the molecule is C=CCc1cc2cc(C(=O)O)ccc2c(CC=C)c1C(=O)O. The van der Waals surface area contributed by atoms with Gasteiger partial charge in [-0.15, -0.1) is 13.2 Å². The van der Waals surface area contributed by atoms with Crippen molar-refractivity contribution in [1.82, 2.24) is 0 Å². The van der Waals surface area contributed by atoms with Gasteiger partial charge in [0.15, 0.2) is 0 Å². The van der Waals surface area contributed by atoms with E-state index in [9.17, 15) is 14.7 Å². The summed E-state index contributed by atoms with van der Waals surface area (Å²) in [7, 11) is 0. The summed E-state index contributed by atoms with van der Waals surface area (Å²) < 4.78 is 0. The summed E-state index contributed by atoms with van der Waals surface area (Å²) in [4.78, 5) is 22.8. The molecule has 0 heterocycles. The van der Waals surface area contributed by atoms with Crippen molar-refractivity contribution in [2.45, 2.75) is 12.8 Å². The van der Waals surface area contributed by atoms with E-state index >= 15 is 0 Å². The van der Waals surface area contributed by atoms with Crippen LogP contribution in [0.2, 0.25) is 0 Å². The molecule has 0 aliphatic rings. The molecule has 0 aliphatic heterocycles. The summed E-state index contributed by atoms with van der Waals surface area (Å²) in [6.45, 7) is 7.33. The minimum absolute atomic E-state index is 0.171. The number of carbonyl (C=O) groups is 2. The second-order valence-electron chi connectivity index (χ2n) is 4.92. The normalized spacial score (nSPS) is 10.4. The van der Waals surface area contributed by atoms with Crippen LogP contribution in [0.3, 0.4) is 0 Å². The van der Waals surface area contributed by atoms with Gasteiger partial charge in [0.1, 0.15) is 0 Å². The minimum Gasteiger partial charge on any atom is -0.478 e. The van der Waals surface area contributed by atoms with Crippen molar-refractivity contribution < 1.29 is 19.8 Å². The average Bonchev–Trinajstić information content (AvgIpc) is 2.46. The van der Waals surface area contributed by atoms with Crippen LogP contribution in [0.5, 0.6) is 0 Å². The molecule has 0 fully saturated rings. The first-order valence-electron chi connectivity index (χ1n) is 6.76. The number of hydrogen-bond acceptors (Lipinski definition) is 2. The first-order chi connectivity index (χ1) is 10.5. The number of aromatic carboxylic acids is 2. The lowest BCUT2D eigenvalue weighted by Crippen LogP contribution is -2.08. The average molecular weight is 296 g/mol. The summed E-state index contributed by atoms with van der Waals surface area (Å²) >= 11 is 0. The second-order valence-corrected chi connectivity index (χ2v) is 4.92. The molecule has 4 heteroatoms. The Balaban J connectivity index is 2.87. The zero-order valence-electron chi connectivity index (χ0n) is 12.0. The van der Waals surface area contributed by atoms with Crippen molar-refractivity contribution in [3.05, 3.63) is 71.8 Å². The highest BCUT2D eigenvalue weighted by Gasteiger charge is 2.18. The van der Waals surface area contributed by atoms with Gasteiger partial charge in [-0.1, -0.05) is 18.2 Å². The molecule has 22 heavy (non-hydrogen) atoms. The van der Waals surface area contributed by atoms with E-state index in [0.717, 1.165) is 5.39 Å². The maximum Gasteiger partial charge on any atom is 0.336 e. The third-order valence-electron chi connectivity index (χ3n) is 3.50. The highest BCUT2D eigenvalue weighted by Crippen LogP contribution is 2.28. The van der Waals surface area contributed by atoms with Crippen LogP contribution in [0.15, 0.2) is 49.6 Å². The van der Waals surface area contributed by atoms with Gasteiger partial charge in [0.25, 0.3) is 0 Å². The fraction of sp³-hybridized carbons (Fsp3) is 0.111. The predicted molar refractivity (Wildman–Crippen MR) is 85.7 cm³/mol. The monoisotopic (exact) mass is 296 g/mol. The van der Waals surface area contributed by atoms with Crippen LogP contribution in [-0.4, -0.2) is 22.2 Å². The topological polar surface area (TPSA) is 74.6 Å². The van der Waals surface area contributed by atoms with Gasteiger partial charge >= 0.3 is 11.9 Å². The van der Waals surface area contributed by atoms with Crippen molar-refractivity contribution in [2.24, 2.45) is 0 Å². The number of carboxylic acid groups (broad SMARTS) is 2. The van der Waals surface area contributed by atoms with E-state index in [-0.39, 0.29) is 11.1 Å². The lowest BCUT2D eigenvalue weighted by Gasteiger charge is -2.14. The Morgan fingerprint density at radius 2 is 1.68 bits per heavy atom.